The molecule has 2 rings (SSSR count). The second kappa shape index (κ2) is 6.00. The molecule has 1 aromatic heterocycles. The smallest absolute Gasteiger partial charge is 0.330 e. The molecule has 0 aliphatic heterocycles. The summed E-state index contributed by atoms with van der Waals surface area (Å²) in [5.74, 6) is 0. The Morgan fingerprint density at radius 1 is 1.05 bits per heavy atom. The van der Waals surface area contributed by atoms with E-state index in [1.807, 2.05) is 56.3 Å². The molecule has 0 saturated heterocycles. The molecule has 21 heavy (non-hydrogen) atoms. The first kappa shape index (κ1) is 15.7. The van der Waals surface area contributed by atoms with E-state index in [0.29, 0.717) is 0 Å². The highest BCUT2D eigenvalue weighted by molar-refractivity contribution is 6.47. The fraction of sp³-hybridized carbons (Fsp3) is 0.353. The van der Waals surface area contributed by atoms with Crippen LogP contribution in [0.2, 0.25) is 0 Å². The average Bonchev–Trinajstić information content (AvgIpc) is 2.45. The molecule has 0 saturated carbocycles. The SMILES string of the molecule is CC(C)(O)C(C)(C)O[B]c1cccc(-c2ccccn2)c1. The number of rotatable bonds is 5. The number of nitrogens with zero attached hydrogens (tertiary/aromatic N) is 1. The maximum absolute atomic E-state index is 10.1. The van der Waals surface area contributed by atoms with Crippen molar-refractivity contribution >= 4 is 12.9 Å². The van der Waals surface area contributed by atoms with Gasteiger partial charge in [0.25, 0.3) is 0 Å². The van der Waals surface area contributed by atoms with Gasteiger partial charge in [0.2, 0.25) is 0 Å². The minimum Gasteiger partial charge on any atom is -0.427 e. The molecule has 0 fully saturated rings. The molecular weight excluding hydrogens is 261 g/mol. The van der Waals surface area contributed by atoms with Crippen LogP contribution in [0, 0.1) is 0 Å². The summed E-state index contributed by atoms with van der Waals surface area (Å²) in [5, 5.41) is 10.1. The molecule has 0 spiro atoms. The molecule has 2 aromatic rings. The van der Waals surface area contributed by atoms with Gasteiger partial charge in [0.05, 0.1) is 16.9 Å². The molecule has 109 valence electrons. The molecule has 3 nitrogen and oxygen atoms in total. The lowest BCUT2D eigenvalue weighted by Gasteiger charge is -2.37. The fourth-order valence-electron chi connectivity index (χ4n) is 1.66. The zero-order valence-electron chi connectivity index (χ0n) is 13.0. The van der Waals surface area contributed by atoms with Crippen LogP contribution in [0.25, 0.3) is 11.3 Å². The average molecular weight is 282 g/mol. The Morgan fingerprint density at radius 2 is 1.81 bits per heavy atom. The first-order chi connectivity index (χ1) is 9.79. The number of pyridine rings is 1. The molecule has 0 aliphatic carbocycles. The van der Waals surface area contributed by atoms with Crippen LogP contribution in [-0.4, -0.2) is 28.8 Å². The summed E-state index contributed by atoms with van der Waals surface area (Å²) in [6.45, 7) is 7.22. The second-order valence-electron chi connectivity index (χ2n) is 6.15. The zero-order valence-corrected chi connectivity index (χ0v) is 13.0. The van der Waals surface area contributed by atoms with Gasteiger partial charge < -0.3 is 9.76 Å². The van der Waals surface area contributed by atoms with E-state index in [0.717, 1.165) is 16.7 Å². The van der Waals surface area contributed by atoms with Crippen molar-refractivity contribution in [1.82, 2.24) is 4.98 Å². The number of aliphatic hydroxyl groups is 1. The summed E-state index contributed by atoms with van der Waals surface area (Å²) in [4.78, 5) is 4.34. The van der Waals surface area contributed by atoms with Gasteiger partial charge in [-0.1, -0.05) is 35.8 Å². The Bertz CT molecular complexity index is 591. The number of hydrogen-bond donors (Lipinski definition) is 1. The molecule has 0 atom stereocenters. The predicted molar refractivity (Wildman–Crippen MR) is 86.5 cm³/mol. The lowest BCUT2D eigenvalue weighted by atomic mass is 9.82. The summed E-state index contributed by atoms with van der Waals surface area (Å²) < 4.78 is 5.78. The highest BCUT2D eigenvalue weighted by Gasteiger charge is 2.35. The van der Waals surface area contributed by atoms with E-state index < -0.39 is 11.2 Å². The van der Waals surface area contributed by atoms with Crippen LogP contribution >= 0.6 is 0 Å². The lowest BCUT2D eigenvalue weighted by Crippen LogP contribution is -2.49. The summed E-state index contributed by atoms with van der Waals surface area (Å²) in [6.07, 6.45) is 1.78. The third-order valence-electron chi connectivity index (χ3n) is 3.81. The van der Waals surface area contributed by atoms with Crippen molar-refractivity contribution in [3.63, 3.8) is 0 Å². The maximum atomic E-state index is 10.1. The minimum atomic E-state index is -0.928. The van der Waals surface area contributed by atoms with Crippen molar-refractivity contribution < 1.29 is 9.76 Å². The number of hydrogen-bond acceptors (Lipinski definition) is 3. The molecule has 1 N–H and O–H groups in total. The van der Waals surface area contributed by atoms with Gasteiger partial charge >= 0.3 is 7.48 Å². The van der Waals surface area contributed by atoms with E-state index in [9.17, 15) is 5.11 Å². The highest BCUT2D eigenvalue weighted by atomic mass is 16.5. The van der Waals surface area contributed by atoms with Crippen LogP contribution in [0.15, 0.2) is 48.7 Å². The van der Waals surface area contributed by atoms with E-state index in [1.165, 1.54) is 0 Å². The highest BCUT2D eigenvalue weighted by Crippen LogP contribution is 2.24. The second-order valence-corrected chi connectivity index (χ2v) is 6.15. The van der Waals surface area contributed by atoms with Gasteiger partial charge in [-0.3, -0.25) is 4.98 Å². The molecule has 1 radical (unpaired) electrons. The molecule has 1 aromatic carbocycles. The molecule has 4 heteroatoms. The van der Waals surface area contributed by atoms with Crippen molar-refractivity contribution in [2.75, 3.05) is 0 Å². The van der Waals surface area contributed by atoms with Gasteiger partial charge in [-0.25, -0.2) is 0 Å². The lowest BCUT2D eigenvalue weighted by molar-refractivity contribution is -0.0893. The topological polar surface area (TPSA) is 42.4 Å². The summed E-state index contributed by atoms with van der Waals surface area (Å²) in [5.41, 5.74) is 1.30. The van der Waals surface area contributed by atoms with E-state index in [1.54, 1.807) is 27.5 Å². The Hall–Kier alpha value is -1.65. The first-order valence-corrected chi connectivity index (χ1v) is 7.04. The first-order valence-electron chi connectivity index (χ1n) is 7.04. The summed E-state index contributed by atoms with van der Waals surface area (Å²) >= 11 is 0. The standard InChI is InChI=1S/C17H21BNO2/c1-16(2,20)17(3,4)21-18-14-9-7-8-13(12-14)15-10-5-6-11-19-15/h5-12,20H,1-4H3. The summed E-state index contributed by atoms with van der Waals surface area (Å²) in [7, 11) is 1.68. The van der Waals surface area contributed by atoms with Gasteiger partial charge in [-0.15, -0.1) is 0 Å². The normalized spacial score (nSPS) is 12.2. The van der Waals surface area contributed by atoms with Crippen LogP contribution in [0.4, 0.5) is 0 Å². The molecule has 0 bridgehead atoms. The molecule has 0 amide bonds. The van der Waals surface area contributed by atoms with Gasteiger partial charge in [0, 0.05) is 6.20 Å². The van der Waals surface area contributed by atoms with Crippen molar-refractivity contribution in [2.45, 2.75) is 38.9 Å². The van der Waals surface area contributed by atoms with Gasteiger partial charge in [-0.05, 0) is 45.4 Å². The van der Waals surface area contributed by atoms with Crippen LogP contribution in [-0.2, 0) is 4.65 Å². The third-order valence-corrected chi connectivity index (χ3v) is 3.81. The van der Waals surface area contributed by atoms with Crippen LogP contribution in [0.3, 0.4) is 0 Å². The van der Waals surface area contributed by atoms with Crippen LogP contribution in [0.5, 0.6) is 0 Å². The maximum Gasteiger partial charge on any atom is 0.330 e. The van der Waals surface area contributed by atoms with Crippen LogP contribution in [0.1, 0.15) is 27.7 Å². The zero-order chi connectivity index (χ0) is 15.5. The minimum absolute atomic E-state index is 0.673. The van der Waals surface area contributed by atoms with Crippen molar-refractivity contribution in [3.05, 3.63) is 48.7 Å². The van der Waals surface area contributed by atoms with Crippen molar-refractivity contribution in [1.29, 1.82) is 0 Å². The Labute approximate surface area is 127 Å². The predicted octanol–water partition coefficient (Wildman–Crippen LogP) is 2.56. The largest absolute Gasteiger partial charge is 0.427 e. The Balaban J connectivity index is 2.13. The van der Waals surface area contributed by atoms with Gasteiger partial charge in [0.15, 0.2) is 0 Å². The Kier molecular flexibility index (Phi) is 4.50. The molecule has 0 unspecified atom stereocenters. The Morgan fingerprint density at radius 3 is 2.43 bits per heavy atom. The van der Waals surface area contributed by atoms with E-state index in [2.05, 4.69) is 4.98 Å². The number of benzene rings is 1. The van der Waals surface area contributed by atoms with E-state index in [-0.39, 0.29) is 0 Å². The monoisotopic (exact) mass is 282 g/mol. The fourth-order valence-corrected chi connectivity index (χ4v) is 1.66. The molecular formula is C17H21BNO2. The molecule has 1 heterocycles. The van der Waals surface area contributed by atoms with Crippen molar-refractivity contribution in [3.8, 4) is 11.3 Å². The van der Waals surface area contributed by atoms with Crippen molar-refractivity contribution in [2.24, 2.45) is 0 Å². The van der Waals surface area contributed by atoms with E-state index in [4.69, 9.17) is 4.65 Å². The number of aromatic nitrogens is 1. The quantitative estimate of drug-likeness (QED) is 0.857. The summed E-state index contributed by atoms with van der Waals surface area (Å²) in [6, 6.07) is 13.8. The third kappa shape index (κ3) is 3.93. The van der Waals surface area contributed by atoms with E-state index >= 15 is 0 Å². The van der Waals surface area contributed by atoms with Crippen LogP contribution < -0.4 is 5.46 Å². The van der Waals surface area contributed by atoms with Gasteiger partial charge in [-0.2, -0.15) is 0 Å². The molecule has 0 aliphatic rings. The van der Waals surface area contributed by atoms with Gasteiger partial charge in [0.1, 0.15) is 0 Å².